The standard InChI is InChI=1S/C10H12Cl2N4P.H2O.Y/c1-16-3-2-13-10(16)14-9-7(11)4-6(15-17)5-8(9)12;;/h4-5,15H,1-3,17H2,(H,13,14);1H2;/q-1;;. The van der Waals surface area contributed by atoms with E-state index < -0.39 is 0 Å². The van der Waals surface area contributed by atoms with Crippen molar-refractivity contribution in [3.8, 4) is 0 Å². The Balaban J connectivity index is 0.00000162. The average Bonchev–Trinajstić information content (AvgIpc) is 2.69. The average molecular weight is 397 g/mol. The number of halogens is 2. The molecule has 1 heterocycles. The van der Waals surface area contributed by atoms with Gasteiger partial charge in [-0.3, -0.25) is 12.0 Å². The summed E-state index contributed by atoms with van der Waals surface area (Å²) in [5.41, 5.74) is 1.47. The second-order valence-corrected chi connectivity index (χ2v) is 4.66. The topological polar surface area (TPSA) is 71.2 Å². The molecule has 5 nitrogen and oxygen atoms in total. The van der Waals surface area contributed by atoms with Crippen molar-refractivity contribution in [3.63, 3.8) is 0 Å². The molecule has 0 saturated heterocycles. The van der Waals surface area contributed by atoms with E-state index in [1.807, 2.05) is 0 Å². The number of hydrogen-bond donors (Lipinski definition) is 2. The Morgan fingerprint density at radius 1 is 1.32 bits per heavy atom. The predicted octanol–water partition coefficient (Wildman–Crippen LogP) is 2.24. The molecule has 19 heavy (non-hydrogen) atoms. The third kappa shape index (κ3) is 4.69. The van der Waals surface area contributed by atoms with Crippen LogP contribution in [0, 0.1) is 7.05 Å². The van der Waals surface area contributed by atoms with Gasteiger partial charge in [-0.15, -0.1) is 0 Å². The van der Waals surface area contributed by atoms with Gasteiger partial charge in [-0.05, 0) is 21.5 Å². The molecule has 1 atom stereocenters. The van der Waals surface area contributed by atoms with Crippen LogP contribution < -0.4 is 10.4 Å². The van der Waals surface area contributed by atoms with E-state index in [9.17, 15) is 0 Å². The van der Waals surface area contributed by atoms with Crippen LogP contribution >= 0.6 is 32.6 Å². The minimum absolute atomic E-state index is 0. The normalized spacial score (nSPS) is 13.3. The Morgan fingerprint density at radius 2 is 1.89 bits per heavy atom. The molecule has 0 amide bonds. The third-order valence-corrected chi connectivity index (χ3v) is 3.31. The summed E-state index contributed by atoms with van der Waals surface area (Å²) < 4.78 is 0. The van der Waals surface area contributed by atoms with Crippen molar-refractivity contribution < 1.29 is 38.2 Å². The number of guanidine groups is 1. The van der Waals surface area contributed by atoms with Gasteiger partial charge in [0.2, 0.25) is 0 Å². The molecule has 1 aromatic carbocycles. The maximum atomic E-state index is 6.15. The smallest absolute Gasteiger partial charge is 0.168 e. The number of benzene rings is 1. The summed E-state index contributed by atoms with van der Waals surface area (Å²) in [7, 11) is 6.24. The van der Waals surface area contributed by atoms with E-state index in [4.69, 9.17) is 23.2 Å². The van der Waals surface area contributed by atoms with Gasteiger partial charge in [-0.1, -0.05) is 23.2 Å². The van der Waals surface area contributed by atoms with E-state index >= 15 is 0 Å². The van der Waals surface area contributed by atoms with E-state index in [0.29, 0.717) is 21.7 Å². The van der Waals surface area contributed by atoms with Gasteiger partial charge in [-0.25, -0.2) is 0 Å². The summed E-state index contributed by atoms with van der Waals surface area (Å²) in [6, 6.07) is 3.57. The summed E-state index contributed by atoms with van der Waals surface area (Å²) >= 11 is 12.3. The molecule has 0 aliphatic carbocycles. The Kier molecular flexibility index (Phi) is 8.77. The number of nitrogens with one attached hydrogen (secondary N) is 2. The molecule has 0 bridgehead atoms. The van der Waals surface area contributed by atoms with Gasteiger partial charge < -0.3 is 20.8 Å². The fourth-order valence-electron chi connectivity index (χ4n) is 1.49. The zero-order valence-electron chi connectivity index (χ0n) is 10.1. The fraction of sp³-hybridized carbons (Fsp3) is 0.200. The molecule has 0 spiro atoms. The van der Waals surface area contributed by atoms with Gasteiger partial charge in [0.25, 0.3) is 0 Å². The van der Waals surface area contributed by atoms with Crippen LogP contribution in [-0.4, -0.2) is 29.4 Å². The molecule has 1 radical (unpaired) electrons. The second-order valence-electron chi connectivity index (χ2n) is 3.55. The molecule has 0 aromatic heterocycles. The molecule has 2 rings (SSSR count). The van der Waals surface area contributed by atoms with E-state index in [-0.39, 0.29) is 38.2 Å². The Hall–Kier alpha value is 0.364. The van der Waals surface area contributed by atoms with Crippen molar-refractivity contribution in [1.82, 2.24) is 4.90 Å². The molecule has 1 aromatic rings. The first kappa shape index (κ1) is 19.4. The molecule has 4 N–H and O–H groups in total. The molecular weight excluding hydrogens is 383 g/mol. The van der Waals surface area contributed by atoms with Crippen LogP contribution in [0.25, 0.3) is 0 Å². The molecule has 103 valence electrons. The minimum atomic E-state index is 0. The van der Waals surface area contributed by atoms with E-state index in [1.54, 1.807) is 17.0 Å². The van der Waals surface area contributed by atoms with Gasteiger partial charge in [0.15, 0.2) is 5.96 Å². The first-order valence-electron chi connectivity index (χ1n) is 4.97. The molecule has 1 aliphatic heterocycles. The van der Waals surface area contributed by atoms with E-state index in [1.165, 1.54) is 0 Å². The zero-order chi connectivity index (χ0) is 12.4. The number of anilines is 2. The zero-order valence-corrected chi connectivity index (χ0v) is 15.6. The first-order chi connectivity index (χ1) is 8.11. The van der Waals surface area contributed by atoms with Crippen molar-refractivity contribution in [2.24, 2.45) is 4.99 Å². The van der Waals surface area contributed by atoms with Crippen LogP contribution in [0.15, 0.2) is 17.1 Å². The molecule has 0 fully saturated rings. The van der Waals surface area contributed by atoms with E-state index in [0.717, 1.165) is 18.8 Å². The van der Waals surface area contributed by atoms with Gasteiger partial charge in [-0.2, -0.15) is 0 Å². The second kappa shape index (κ2) is 8.61. The van der Waals surface area contributed by atoms with Crippen molar-refractivity contribution in [3.05, 3.63) is 29.2 Å². The SMILES string of the molecule is O.[CH2-]N1CCN=C1Nc1c(Cl)cc(NP)cc1Cl.[Y]. The largest absolute Gasteiger partial charge is 0.494 e. The van der Waals surface area contributed by atoms with Crippen LogP contribution in [0.3, 0.4) is 0 Å². The van der Waals surface area contributed by atoms with Crippen molar-refractivity contribution in [1.29, 1.82) is 0 Å². The summed E-state index contributed by atoms with van der Waals surface area (Å²) in [5, 5.41) is 7.06. The summed E-state index contributed by atoms with van der Waals surface area (Å²) in [4.78, 5) is 6.04. The van der Waals surface area contributed by atoms with Crippen molar-refractivity contribution >= 4 is 49.9 Å². The van der Waals surface area contributed by atoms with Gasteiger partial charge in [0, 0.05) is 44.9 Å². The van der Waals surface area contributed by atoms with Crippen LogP contribution in [0.4, 0.5) is 11.4 Å². The molecule has 1 aliphatic rings. The fourth-order valence-corrected chi connectivity index (χ4v) is 2.24. The van der Waals surface area contributed by atoms with Crippen LogP contribution in [0.1, 0.15) is 0 Å². The maximum absolute atomic E-state index is 6.15. The van der Waals surface area contributed by atoms with Gasteiger partial charge in [0.1, 0.15) is 0 Å². The van der Waals surface area contributed by atoms with E-state index in [2.05, 4.69) is 31.8 Å². The molecular formula is C10H14Cl2N4OPY-. The third-order valence-electron chi connectivity index (χ3n) is 2.38. The van der Waals surface area contributed by atoms with Crippen molar-refractivity contribution in [2.45, 2.75) is 0 Å². The first-order valence-corrected chi connectivity index (χ1v) is 6.30. The monoisotopic (exact) mass is 396 g/mol. The van der Waals surface area contributed by atoms with Gasteiger partial charge >= 0.3 is 0 Å². The maximum Gasteiger partial charge on any atom is 0.168 e. The quantitative estimate of drug-likeness (QED) is 0.594. The molecule has 9 heteroatoms. The minimum Gasteiger partial charge on any atom is -0.494 e. The Bertz CT molecular complexity index is 452. The number of nitrogens with zero attached hydrogens (tertiary/aromatic N) is 2. The van der Waals surface area contributed by atoms with Crippen LogP contribution in [0.5, 0.6) is 0 Å². The van der Waals surface area contributed by atoms with Gasteiger partial charge in [0.05, 0.1) is 22.3 Å². The van der Waals surface area contributed by atoms with Crippen LogP contribution in [0.2, 0.25) is 10.0 Å². The number of hydrogen-bond acceptors (Lipinski definition) is 4. The summed E-state index contributed by atoms with van der Waals surface area (Å²) in [5.74, 6) is 0.681. The summed E-state index contributed by atoms with van der Waals surface area (Å²) in [6.07, 6.45) is 0. The Morgan fingerprint density at radius 3 is 2.32 bits per heavy atom. The number of aliphatic imine (C=N–C) groups is 1. The number of rotatable bonds is 2. The predicted molar refractivity (Wildman–Crippen MR) is 81.4 cm³/mol. The summed E-state index contributed by atoms with van der Waals surface area (Å²) in [6.45, 7) is 1.52. The molecule has 0 saturated carbocycles. The Labute approximate surface area is 149 Å². The van der Waals surface area contributed by atoms with Crippen LogP contribution in [-0.2, 0) is 32.7 Å². The van der Waals surface area contributed by atoms with Crippen molar-refractivity contribution in [2.75, 3.05) is 23.5 Å². The molecule has 1 unspecified atom stereocenters.